The zero-order chi connectivity index (χ0) is 15.9. The van der Waals surface area contributed by atoms with Crippen molar-refractivity contribution in [3.63, 3.8) is 0 Å². The van der Waals surface area contributed by atoms with Crippen molar-refractivity contribution in [1.82, 2.24) is 4.90 Å². The first kappa shape index (κ1) is 14.7. The van der Waals surface area contributed by atoms with Crippen LogP contribution in [0.5, 0.6) is 0 Å². The van der Waals surface area contributed by atoms with E-state index in [9.17, 15) is 4.79 Å². The number of hydrogen-bond acceptors (Lipinski definition) is 3. The van der Waals surface area contributed by atoms with Crippen molar-refractivity contribution < 1.29 is 10.5 Å². The monoisotopic (exact) mass is 296 g/mol. The highest BCUT2D eigenvalue weighted by Gasteiger charge is 2.48. The fourth-order valence-electron chi connectivity index (χ4n) is 3.28. The molecule has 114 valence electrons. The second kappa shape index (κ2) is 5.21. The van der Waals surface area contributed by atoms with E-state index in [0.717, 1.165) is 17.0 Å². The Morgan fingerprint density at radius 3 is 2.59 bits per heavy atom. The van der Waals surface area contributed by atoms with Crippen molar-refractivity contribution >= 4 is 11.7 Å². The van der Waals surface area contributed by atoms with E-state index in [1.165, 1.54) is 5.56 Å². The van der Waals surface area contributed by atoms with Crippen LogP contribution in [0.15, 0.2) is 53.2 Å². The van der Waals surface area contributed by atoms with Crippen LogP contribution in [0.4, 0.5) is 0 Å². The normalized spacial score (nSPS) is 26.5. The van der Waals surface area contributed by atoms with Gasteiger partial charge >= 0.3 is 5.91 Å². The third-order valence-corrected chi connectivity index (χ3v) is 4.42. The van der Waals surface area contributed by atoms with Crippen LogP contribution >= 0.6 is 0 Å². The molecule has 22 heavy (non-hydrogen) atoms. The van der Waals surface area contributed by atoms with Gasteiger partial charge in [-0.2, -0.15) is 0 Å². The topological polar surface area (TPSA) is 60.3 Å². The lowest BCUT2D eigenvalue weighted by molar-refractivity contribution is -0.307. The maximum absolute atomic E-state index is 11.8. The standard InChI is InChI=1S/C18H21N3O/c1-12-4-7-14(8-5-12)17-18(3,10-15(19)22)21-11-13(2)6-9-16(21)20-17/h4-9,11,17H,10H2,1-3H3,(H2,19,22)/p+1. The largest absolute Gasteiger partial charge is 0.324 e. The minimum atomic E-state index is -0.407. The predicted octanol–water partition coefficient (Wildman–Crippen LogP) is 2.14. The number of carbonyl (C=O) groups excluding carboxylic acids is 1. The predicted molar refractivity (Wildman–Crippen MR) is 87.0 cm³/mol. The second-order valence-electron chi connectivity index (χ2n) is 6.45. The first-order valence-corrected chi connectivity index (χ1v) is 7.55. The molecule has 1 aromatic carbocycles. The maximum atomic E-state index is 11.8. The third kappa shape index (κ3) is 2.40. The molecular formula is C18H22N3O+. The van der Waals surface area contributed by atoms with Gasteiger partial charge in [0.1, 0.15) is 11.9 Å². The van der Waals surface area contributed by atoms with E-state index >= 15 is 0 Å². The molecule has 4 heteroatoms. The van der Waals surface area contributed by atoms with Crippen molar-refractivity contribution in [1.29, 1.82) is 0 Å². The molecule has 1 amide bonds. The van der Waals surface area contributed by atoms with Crippen LogP contribution in [0.2, 0.25) is 0 Å². The molecule has 4 nitrogen and oxygen atoms in total. The summed E-state index contributed by atoms with van der Waals surface area (Å²) in [6.45, 7) is 6.22. The number of fused-ring (bicyclic) bond motifs is 1. The number of hydrogen-bond donors (Lipinski definition) is 1. The SMILES string of the molecule is CC1=CN2C(=NC(c3ccc(C)cc3)C2(C)CC([NH3+])=O)C=C1. The highest BCUT2D eigenvalue weighted by Crippen LogP contribution is 2.44. The summed E-state index contributed by atoms with van der Waals surface area (Å²) in [5.41, 5.74) is 6.70. The molecule has 2 atom stereocenters. The third-order valence-electron chi connectivity index (χ3n) is 4.42. The van der Waals surface area contributed by atoms with Gasteiger partial charge in [-0.3, -0.25) is 10.7 Å². The lowest BCUT2D eigenvalue weighted by Gasteiger charge is -2.38. The van der Waals surface area contributed by atoms with Crippen LogP contribution in [0.25, 0.3) is 0 Å². The first-order chi connectivity index (χ1) is 10.4. The summed E-state index contributed by atoms with van der Waals surface area (Å²) in [7, 11) is 0. The molecule has 0 aromatic heterocycles. The number of amides is 1. The van der Waals surface area contributed by atoms with Crippen molar-refractivity contribution in [2.75, 3.05) is 0 Å². The van der Waals surface area contributed by atoms with E-state index in [1.54, 1.807) is 0 Å². The molecule has 0 spiro atoms. The Labute approximate surface area is 131 Å². The van der Waals surface area contributed by atoms with E-state index in [1.807, 2.05) is 6.08 Å². The van der Waals surface area contributed by atoms with Gasteiger partial charge in [-0.25, -0.2) is 4.79 Å². The van der Waals surface area contributed by atoms with Crippen molar-refractivity contribution in [2.24, 2.45) is 4.99 Å². The number of quaternary nitrogens is 1. The van der Waals surface area contributed by atoms with Crippen LogP contribution in [0.1, 0.15) is 37.4 Å². The van der Waals surface area contributed by atoms with Gasteiger partial charge in [0.05, 0.1) is 12.0 Å². The molecular weight excluding hydrogens is 274 g/mol. The highest BCUT2D eigenvalue weighted by atomic mass is 16.1. The molecule has 3 N–H and O–H groups in total. The molecule has 0 bridgehead atoms. The Balaban J connectivity index is 2.07. The van der Waals surface area contributed by atoms with Crippen molar-refractivity contribution in [3.8, 4) is 0 Å². The Morgan fingerprint density at radius 2 is 1.95 bits per heavy atom. The van der Waals surface area contributed by atoms with Gasteiger partial charge in [0.15, 0.2) is 0 Å². The molecule has 2 unspecified atom stereocenters. The molecule has 1 aromatic rings. The number of carbonyl (C=O) groups is 1. The Bertz CT molecular complexity index is 700. The smallest absolute Gasteiger partial charge is 0.311 e. The van der Waals surface area contributed by atoms with Gasteiger partial charge in [0.25, 0.3) is 0 Å². The Kier molecular flexibility index (Phi) is 3.49. The van der Waals surface area contributed by atoms with Crippen LogP contribution in [-0.4, -0.2) is 22.2 Å². The molecule has 0 radical (unpaired) electrons. The van der Waals surface area contributed by atoms with Gasteiger partial charge in [-0.05, 0) is 38.0 Å². The van der Waals surface area contributed by atoms with Crippen LogP contribution in [0.3, 0.4) is 0 Å². The fourth-order valence-corrected chi connectivity index (χ4v) is 3.28. The zero-order valence-electron chi connectivity index (χ0n) is 13.3. The molecule has 0 aliphatic carbocycles. The molecule has 2 aliphatic rings. The van der Waals surface area contributed by atoms with Gasteiger partial charge in [0.2, 0.25) is 0 Å². The molecule has 2 heterocycles. The lowest BCUT2D eigenvalue weighted by Crippen LogP contribution is -2.61. The number of amidine groups is 1. The fraction of sp³-hybridized carbons (Fsp3) is 0.333. The minimum absolute atomic E-state index is 0.0586. The summed E-state index contributed by atoms with van der Waals surface area (Å²) < 4.78 is 0. The molecule has 0 fully saturated rings. The number of allylic oxidation sites excluding steroid dienone is 2. The van der Waals surface area contributed by atoms with Gasteiger partial charge in [-0.15, -0.1) is 0 Å². The summed E-state index contributed by atoms with van der Waals surface area (Å²) in [4.78, 5) is 18.8. The number of nitrogens with zero attached hydrogens (tertiary/aromatic N) is 2. The summed E-state index contributed by atoms with van der Waals surface area (Å²) in [6.07, 6.45) is 6.53. The average molecular weight is 296 g/mol. The van der Waals surface area contributed by atoms with E-state index in [0.29, 0.717) is 6.42 Å². The zero-order valence-corrected chi connectivity index (χ0v) is 13.3. The molecule has 0 saturated carbocycles. The summed E-state index contributed by atoms with van der Waals surface area (Å²) in [5.74, 6) is 0.858. The van der Waals surface area contributed by atoms with E-state index in [4.69, 9.17) is 4.99 Å². The maximum Gasteiger partial charge on any atom is 0.311 e. The quantitative estimate of drug-likeness (QED) is 0.929. The molecule has 2 aliphatic heterocycles. The Hall–Kier alpha value is -2.20. The van der Waals surface area contributed by atoms with E-state index in [-0.39, 0.29) is 11.9 Å². The summed E-state index contributed by atoms with van der Waals surface area (Å²) >= 11 is 0. The number of aryl methyl sites for hydroxylation is 1. The lowest BCUT2D eigenvalue weighted by atomic mass is 9.83. The average Bonchev–Trinajstić information content (AvgIpc) is 2.72. The number of benzene rings is 1. The van der Waals surface area contributed by atoms with Crippen LogP contribution in [0, 0.1) is 6.92 Å². The van der Waals surface area contributed by atoms with Gasteiger partial charge < -0.3 is 4.90 Å². The van der Waals surface area contributed by atoms with E-state index in [2.05, 4.69) is 67.9 Å². The van der Waals surface area contributed by atoms with Crippen molar-refractivity contribution in [3.05, 3.63) is 59.3 Å². The summed E-state index contributed by atoms with van der Waals surface area (Å²) in [5, 5.41) is 0. The minimum Gasteiger partial charge on any atom is -0.324 e. The van der Waals surface area contributed by atoms with E-state index < -0.39 is 5.54 Å². The first-order valence-electron chi connectivity index (χ1n) is 7.55. The van der Waals surface area contributed by atoms with Crippen molar-refractivity contribution in [2.45, 2.75) is 38.8 Å². The number of aliphatic imine (C=N–C) groups is 1. The van der Waals surface area contributed by atoms with Gasteiger partial charge in [0, 0.05) is 6.20 Å². The molecule has 0 saturated heterocycles. The second-order valence-corrected chi connectivity index (χ2v) is 6.45. The highest BCUT2D eigenvalue weighted by molar-refractivity contribution is 5.98. The Morgan fingerprint density at radius 1 is 1.27 bits per heavy atom. The van der Waals surface area contributed by atoms with Gasteiger partial charge in [-0.1, -0.05) is 35.9 Å². The molecule has 3 rings (SSSR count). The summed E-state index contributed by atoms with van der Waals surface area (Å²) in [6, 6.07) is 8.33. The van der Waals surface area contributed by atoms with Crippen LogP contribution in [-0.2, 0) is 4.79 Å². The number of rotatable bonds is 3. The van der Waals surface area contributed by atoms with Crippen LogP contribution < -0.4 is 5.73 Å².